The van der Waals surface area contributed by atoms with Crippen molar-refractivity contribution in [2.24, 2.45) is 5.92 Å². The van der Waals surface area contributed by atoms with Gasteiger partial charge in [0.1, 0.15) is 15.9 Å². The number of benzene rings is 1. The molecule has 11 nitrogen and oxygen atoms in total. The molecule has 3 rings (SSSR count). The summed E-state index contributed by atoms with van der Waals surface area (Å²) in [5, 5.41) is 18.4. The molecule has 4 N–H and O–H groups in total. The fourth-order valence-electron chi connectivity index (χ4n) is 4.78. The second-order valence-corrected chi connectivity index (χ2v) is 12.6. The van der Waals surface area contributed by atoms with E-state index in [1.54, 1.807) is 19.1 Å². The van der Waals surface area contributed by atoms with E-state index in [1.165, 1.54) is 11.8 Å². The maximum absolute atomic E-state index is 13.3. The molecule has 1 fully saturated rings. The van der Waals surface area contributed by atoms with Gasteiger partial charge in [-0.2, -0.15) is 0 Å². The predicted molar refractivity (Wildman–Crippen MR) is 141 cm³/mol. The fraction of sp³-hybridized carbons (Fsp3) is 0.615. The first-order valence-electron chi connectivity index (χ1n) is 13.0. The molecule has 3 atom stereocenters. The average molecular weight is 551 g/mol. The molecule has 0 radical (unpaired) electrons. The average Bonchev–Trinajstić information content (AvgIpc) is 2.84. The topological polar surface area (TPSA) is 162 Å². The van der Waals surface area contributed by atoms with Crippen molar-refractivity contribution in [2.75, 3.05) is 31.1 Å². The van der Waals surface area contributed by atoms with Gasteiger partial charge in [-0.1, -0.05) is 6.07 Å². The highest BCUT2D eigenvalue weighted by molar-refractivity contribution is 7.91. The molecule has 1 aromatic rings. The molecule has 2 heterocycles. The Labute approximate surface area is 223 Å². The van der Waals surface area contributed by atoms with Crippen LogP contribution in [0.1, 0.15) is 54.6 Å². The Morgan fingerprint density at radius 3 is 2.47 bits per heavy atom. The Kier molecular flexibility index (Phi) is 9.88. The third-order valence-electron chi connectivity index (χ3n) is 7.04. The summed E-state index contributed by atoms with van der Waals surface area (Å²) in [7, 11) is -3.16. The molecule has 210 valence electrons. The summed E-state index contributed by atoms with van der Waals surface area (Å²) >= 11 is 0. The number of nitrogens with one attached hydrogen (secondary N) is 3. The van der Waals surface area contributed by atoms with Crippen LogP contribution in [0.25, 0.3) is 0 Å². The van der Waals surface area contributed by atoms with Gasteiger partial charge in [0.2, 0.25) is 17.7 Å². The van der Waals surface area contributed by atoms with Crippen LogP contribution in [0, 0.1) is 12.8 Å². The van der Waals surface area contributed by atoms with Gasteiger partial charge in [-0.05, 0) is 69.7 Å². The molecule has 0 spiro atoms. The molecule has 0 unspecified atom stereocenters. The lowest BCUT2D eigenvalue weighted by Gasteiger charge is -2.31. The van der Waals surface area contributed by atoms with E-state index in [1.807, 2.05) is 13.0 Å². The zero-order valence-electron chi connectivity index (χ0n) is 22.2. The normalized spacial score (nSPS) is 24.9. The second kappa shape index (κ2) is 12.7. The smallest absolute Gasteiger partial charge is 0.252 e. The third-order valence-corrected chi connectivity index (χ3v) is 8.76. The first kappa shape index (κ1) is 29.6. The quantitative estimate of drug-likeness (QED) is 0.393. The van der Waals surface area contributed by atoms with Gasteiger partial charge in [0.15, 0.2) is 0 Å². The summed E-state index contributed by atoms with van der Waals surface area (Å²) in [5.74, 6) is -2.49. The van der Waals surface area contributed by atoms with Crippen LogP contribution in [0.4, 0.5) is 0 Å². The van der Waals surface area contributed by atoms with Crippen molar-refractivity contribution < 1.29 is 32.7 Å². The molecule has 12 heteroatoms. The highest BCUT2D eigenvalue weighted by atomic mass is 32.2. The SMILES string of the molecule is Cc1ccc2cc1CCCNC(=O)CN(C(=O)C1CCS(=O)(=O)CC1)C[C@@H](C)NC(=O)[C@H]([C@@H](C)O)NC2=O. The van der Waals surface area contributed by atoms with Crippen LogP contribution < -0.4 is 16.0 Å². The van der Waals surface area contributed by atoms with Crippen LogP contribution in [0.15, 0.2) is 18.2 Å². The number of amides is 4. The Hall–Kier alpha value is -2.99. The number of aliphatic hydroxyl groups is 1. The molecule has 1 saturated heterocycles. The van der Waals surface area contributed by atoms with Crippen molar-refractivity contribution in [3.8, 4) is 0 Å². The van der Waals surface area contributed by atoms with Crippen molar-refractivity contribution in [3.63, 3.8) is 0 Å². The monoisotopic (exact) mass is 550 g/mol. The van der Waals surface area contributed by atoms with E-state index in [-0.39, 0.29) is 49.3 Å². The van der Waals surface area contributed by atoms with E-state index in [0.717, 1.165) is 11.1 Å². The molecule has 1 aromatic carbocycles. The maximum atomic E-state index is 13.3. The lowest BCUT2D eigenvalue weighted by Crippen LogP contribution is -2.56. The molecule has 38 heavy (non-hydrogen) atoms. The minimum atomic E-state index is -3.16. The molecular weight excluding hydrogens is 512 g/mol. The predicted octanol–water partition coefficient (Wildman–Crippen LogP) is -0.305. The zero-order valence-corrected chi connectivity index (χ0v) is 23.0. The Morgan fingerprint density at radius 2 is 1.82 bits per heavy atom. The molecule has 0 aromatic heterocycles. The molecule has 2 aliphatic heterocycles. The van der Waals surface area contributed by atoms with E-state index in [4.69, 9.17) is 0 Å². The van der Waals surface area contributed by atoms with Crippen molar-refractivity contribution in [3.05, 3.63) is 34.9 Å². The van der Waals surface area contributed by atoms with Crippen molar-refractivity contribution in [2.45, 2.75) is 64.6 Å². The van der Waals surface area contributed by atoms with E-state index in [0.29, 0.717) is 24.9 Å². The first-order chi connectivity index (χ1) is 17.9. The van der Waals surface area contributed by atoms with E-state index in [9.17, 15) is 32.7 Å². The number of nitrogens with zero attached hydrogens (tertiary/aromatic N) is 1. The van der Waals surface area contributed by atoms with Gasteiger partial charge in [0, 0.05) is 30.6 Å². The van der Waals surface area contributed by atoms with Crippen molar-refractivity contribution >= 4 is 33.5 Å². The van der Waals surface area contributed by atoms with Crippen LogP contribution in [0.2, 0.25) is 0 Å². The van der Waals surface area contributed by atoms with Crippen LogP contribution in [0.3, 0.4) is 0 Å². The van der Waals surface area contributed by atoms with E-state index in [2.05, 4.69) is 16.0 Å². The number of carbonyl (C=O) groups is 4. The molecule has 0 aliphatic carbocycles. The molecule has 2 aliphatic rings. The van der Waals surface area contributed by atoms with Gasteiger partial charge in [0.25, 0.3) is 5.91 Å². The standard InChI is InChI=1S/C26H38N4O7S/c1-16-6-7-21-13-20(16)5-4-10-27-22(32)15-30(26(35)19-8-11-38(36,37)12-9-19)14-17(2)28-25(34)23(18(3)31)29-24(21)33/h6-7,13,17-19,23,31H,4-5,8-12,14-15H2,1-3H3,(H,27,32)(H,28,34)(H,29,33)/t17-,18-,23+/m1/s1. The van der Waals surface area contributed by atoms with E-state index < -0.39 is 45.8 Å². The number of aryl methyl sites for hydroxylation is 2. The number of carbonyl (C=O) groups excluding carboxylic acids is 4. The minimum Gasteiger partial charge on any atom is -0.391 e. The Bertz CT molecular complexity index is 1150. The summed E-state index contributed by atoms with van der Waals surface area (Å²) in [6.07, 6.45) is 0.399. The Balaban J connectivity index is 1.83. The number of hydrogen-bond acceptors (Lipinski definition) is 7. The summed E-state index contributed by atoms with van der Waals surface area (Å²) in [6, 6.07) is 3.36. The van der Waals surface area contributed by atoms with Crippen molar-refractivity contribution in [1.29, 1.82) is 0 Å². The Morgan fingerprint density at radius 1 is 1.13 bits per heavy atom. The third kappa shape index (κ3) is 8.00. The van der Waals surface area contributed by atoms with Gasteiger partial charge in [-0.3, -0.25) is 19.2 Å². The summed E-state index contributed by atoms with van der Waals surface area (Å²) in [5.41, 5.74) is 2.26. The van der Waals surface area contributed by atoms with Gasteiger partial charge < -0.3 is 26.0 Å². The van der Waals surface area contributed by atoms with Gasteiger partial charge in [-0.25, -0.2) is 8.42 Å². The minimum absolute atomic E-state index is 0.00168. The highest BCUT2D eigenvalue weighted by Crippen LogP contribution is 2.21. The number of aliphatic hydroxyl groups excluding tert-OH is 1. The summed E-state index contributed by atoms with van der Waals surface area (Å²) in [4.78, 5) is 53.4. The van der Waals surface area contributed by atoms with Crippen molar-refractivity contribution in [1.82, 2.24) is 20.9 Å². The maximum Gasteiger partial charge on any atom is 0.252 e. The first-order valence-corrected chi connectivity index (χ1v) is 14.8. The number of fused-ring (bicyclic) bond motifs is 2. The van der Waals surface area contributed by atoms with Gasteiger partial charge >= 0.3 is 0 Å². The largest absolute Gasteiger partial charge is 0.391 e. The lowest BCUT2D eigenvalue weighted by atomic mass is 10.00. The second-order valence-electron chi connectivity index (χ2n) is 10.3. The molecule has 4 amide bonds. The van der Waals surface area contributed by atoms with Crippen LogP contribution in [-0.2, 0) is 30.6 Å². The van der Waals surface area contributed by atoms with E-state index >= 15 is 0 Å². The fourth-order valence-corrected chi connectivity index (χ4v) is 6.28. The number of sulfone groups is 1. The molecular formula is C26H38N4O7S. The molecule has 0 saturated carbocycles. The summed E-state index contributed by atoms with van der Waals surface area (Å²) in [6.45, 7) is 5.12. The highest BCUT2D eigenvalue weighted by Gasteiger charge is 2.33. The number of rotatable bonds is 2. The lowest BCUT2D eigenvalue weighted by molar-refractivity contribution is -0.140. The van der Waals surface area contributed by atoms with Gasteiger partial charge in [0.05, 0.1) is 24.2 Å². The van der Waals surface area contributed by atoms with Crippen LogP contribution in [-0.4, -0.2) is 91.4 Å². The molecule has 2 bridgehead atoms. The van der Waals surface area contributed by atoms with Gasteiger partial charge in [-0.15, -0.1) is 0 Å². The summed E-state index contributed by atoms with van der Waals surface area (Å²) < 4.78 is 23.7. The van der Waals surface area contributed by atoms with Crippen LogP contribution >= 0.6 is 0 Å². The zero-order chi connectivity index (χ0) is 28.0. The number of hydrogen-bond donors (Lipinski definition) is 4. The van der Waals surface area contributed by atoms with Crippen LogP contribution in [0.5, 0.6) is 0 Å².